The monoisotopic (exact) mass is 196 g/mol. The van der Waals surface area contributed by atoms with Crippen molar-refractivity contribution in [3.05, 3.63) is 35.9 Å². The third kappa shape index (κ3) is 3.20. The quantitative estimate of drug-likeness (QED) is 0.534. The molecule has 1 unspecified atom stereocenters. The van der Waals surface area contributed by atoms with E-state index >= 15 is 0 Å². The fourth-order valence-electron chi connectivity index (χ4n) is 0.998. The summed E-state index contributed by atoms with van der Waals surface area (Å²) in [5, 5.41) is 0. The Morgan fingerprint density at radius 1 is 1.46 bits per heavy atom. The van der Waals surface area contributed by atoms with Gasteiger partial charge in [-0.1, -0.05) is 30.3 Å². The number of hydrogen-bond donors (Lipinski definition) is 0. The first-order chi connectivity index (χ1) is 6.38. The maximum Gasteiger partial charge on any atom is 0.153 e. The van der Waals surface area contributed by atoms with E-state index in [2.05, 4.69) is 0 Å². The van der Waals surface area contributed by atoms with Gasteiger partial charge in [-0.2, -0.15) is 0 Å². The zero-order valence-electron chi connectivity index (χ0n) is 7.47. The summed E-state index contributed by atoms with van der Waals surface area (Å²) in [4.78, 5) is 10.7. The van der Waals surface area contributed by atoms with Crippen molar-refractivity contribution in [2.45, 2.75) is 6.10 Å². The van der Waals surface area contributed by atoms with E-state index in [1.54, 1.807) is 11.8 Å². The van der Waals surface area contributed by atoms with Crippen LogP contribution in [0, 0.1) is 0 Å². The lowest BCUT2D eigenvalue weighted by Crippen LogP contribution is -2.04. The summed E-state index contributed by atoms with van der Waals surface area (Å²) in [5.74, 6) is 0.540. The van der Waals surface area contributed by atoms with Gasteiger partial charge in [-0.05, 0) is 11.8 Å². The van der Waals surface area contributed by atoms with E-state index in [9.17, 15) is 4.79 Å². The predicted molar refractivity (Wildman–Crippen MR) is 54.7 cm³/mol. The highest BCUT2D eigenvalue weighted by molar-refractivity contribution is 7.98. The molecule has 0 spiro atoms. The largest absolute Gasteiger partial charge is 0.355 e. The summed E-state index contributed by atoms with van der Waals surface area (Å²) >= 11 is 1.56. The molecule has 1 rings (SSSR count). The third-order valence-electron chi connectivity index (χ3n) is 1.62. The molecule has 0 aromatic heterocycles. The molecule has 1 aromatic rings. The van der Waals surface area contributed by atoms with Crippen LogP contribution in [0.25, 0.3) is 0 Å². The maximum absolute atomic E-state index is 10.7. The van der Waals surface area contributed by atoms with Gasteiger partial charge in [-0.3, -0.25) is 0 Å². The molecule has 1 aromatic carbocycles. The second-order valence-electron chi connectivity index (χ2n) is 2.54. The van der Waals surface area contributed by atoms with Gasteiger partial charge in [0.25, 0.3) is 0 Å². The topological polar surface area (TPSA) is 26.3 Å². The Morgan fingerprint density at radius 2 is 2.15 bits per heavy atom. The molecule has 0 aliphatic heterocycles. The van der Waals surface area contributed by atoms with Crippen LogP contribution in [0.15, 0.2) is 30.3 Å². The number of aldehydes is 1. The summed E-state index contributed by atoms with van der Waals surface area (Å²) in [5.41, 5.74) is 0.909. The minimum absolute atomic E-state index is 0.423. The molecule has 0 radical (unpaired) electrons. The summed E-state index contributed by atoms with van der Waals surface area (Å²) < 4.78 is 5.32. The molecule has 2 nitrogen and oxygen atoms in total. The molecule has 0 saturated carbocycles. The van der Waals surface area contributed by atoms with E-state index < -0.39 is 6.10 Å². The average Bonchev–Trinajstić information content (AvgIpc) is 2.21. The number of carbonyl (C=O) groups is 1. The van der Waals surface area contributed by atoms with Crippen LogP contribution < -0.4 is 0 Å². The van der Waals surface area contributed by atoms with Gasteiger partial charge in [0.05, 0.1) is 5.94 Å². The van der Waals surface area contributed by atoms with Crippen LogP contribution >= 0.6 is 11.8 Å². The first-order valence-corrected chi connectivity index (χ1v) is 5.38. The molecule has 0 amide bonds. The smallest absolute Gasteiger partial charge is 0.153 e. The van der Waals surface area contributed by atoms with E-state index in [1.807, 2.05) is 36.6 Å². The van der Waals surface area contributed by atoms with Gasteiger partial charge in [0.1, 0.15) is 6.10 Å². The summed E-state index contributed by atoms with van der Waals surface area (Å²) in [7, 11) is 0. The Morgan fingerprint density at radius 3 is 2.69 bits per heavy atom. The summed E-state index contributed by atoms with van der Waals surface area (Å²) in [6.45, 7) is 0. The second-order valence-corrected chi connectivity index (χ2v) is 3.35. The van der Waals surface area contributed by atoms with Crippen LogP contribution in [0.5, 0.6) is 0 Å². The van der Waals surface area contributed by atoms with Crippen molar-refractivity contribution < 1.29 is 9.53 Å². The van der Waals surface area contributed by atoms with Crippen molar-refractivity contribution in [1.82, 2.24) is 0 Å². The van der Waals surface area contributed by atoms with Gasteiger partial charge >= 0.3 is 0 Å². The number of rotatable bonds is 5. The van der Waals surface area contributed by atoms with Gasteiger partial charge in [-0.25, -0.2) is 0 Å². The SMILES string of the molecule is CSCOC(C=O)c1ccccc1. The van der Waals surface area contributed by atoms with Crippen LogP contribution in [0.1, 0.15) is 11.7 Å². The van der Waals surface area contributed by atoms with Crippen molar-refractivity contribution in [3.8, 4) is 0 Å². The summed E-state index contributed by atoms with van der Waals surface area (Å²) in [6.07, 6.45) is 2.34. The minimum atomic E-state index is -0.423. The second kappa shape index (κ2) is 5.78. The molecule has 1 atom stereocenters. The zero-order valence-corrected chi connectivity index (χ0v) is 8.29. The molecule has 0 N–H and O–H groups in total. The molecule has 0 saturated heterocycles. The van der Waals surface area contributed by atoms with Gasteiger partial charge in [0.15, 0.2) is 6.29 Å². The van der Waals surface area contributed by atoms with E-state index in [4.69, 9.17) is 4.74 Å². The molecule has 0 fully saturated rings. The molecule has 3 heteroatoms. The highest BCUT2D eigenvalue weighted by Gasteiger charge is 2.08. The standard InChI is InChI=1S/C10H12O2S/c1-13-8-12-10(7-11)9-5-3-2-4-6-9/h2-7,10H,8H2,1H3. The highest BCUT2D eigenvalue weighted by Crippen LogP contribution is 2.15. The Hall–Kier alpha value is -0.800. The van der Waals surface area contributed by atoms with Crippen LogP contribution in [0.4, 0.5) is 0 Å². The fourth-order valence-corrected chi connectivity index (χ4v) is 1.28. The normalized spacial score (nSPS) is 12.4. The number of carbonyl (C=O) groups excluding carboxylic acids is 1. The number of ether oxygens (including phenoxy) is 1. The van der Waals surface area contributed by atoms with E-state index in [-0.39, 0.29) is 0 Å². The maximum atomic E-state index is 10.7. The average molecular weight is 196 g/mol. The molecule has 0 aliphatic rings. The Labute approximate surface area is 82.3 Å². The minimum Gasteiger partial charge on any atom is -0.355 e. The van der Waals surface area contributed by atoms with Crippen molar-refractivity contribution in [3.63, 3.8) is 0 Å². The van der Waals surface area contributed by atoms with E-state index in [0.717, 1.165) is 11.8 Å². The molecule has 13 heavy (non-hydrogen) atoms. The van der Waals surface area contributed by atoms with Crippen LogP contribution in [0.3, 0.4) is 0 Å². The van der Waals surface area contributed by atoms with Gasteiger partial charge in [-0.15, -0.1) is 11.8 Å². The van der Waals surface area contributed by atoms with Crippen LogP contribution in [-0.4, -0.2) is 18.5 Å². The van der Waals surface area contributed by atoms with Crippen LogP contribution in [-0.2, 0) is 9.53 Å². The third-order valence-corrected chi connectivity index (χ3v) is 1.99. The van der Waals surface area contributed by atoms with Crippen molar-refractivity contribution in [1.29, 1.82) is 0 Å². The molecular weight excluding hydrogens is 184 g/mol. The molecule has 0 heterocycles. The number of thioether (sulfide) groups is 1. The lowest BCUT2D eigenvalue weighted by atomic mass is 10.1. The molecule has 0 bridgehead atoms. The number of hydrogen-bond acceptors (Lipinski definition) is 3. The van der Waals surface area contributed by atoms with E-state index in [1.165, 1.54) is 0 Å². The lowest BCUT2D eigenvalue weighted by molar-refractivity contribution is -0.117. The Balaban J connectivity index is 2.61. The lowest BCUT2D eigenvalue weighted by Gasteiger charge is -2.10. The van der Waals surface area contributed by atoms with E-state index in [0.29, 0.717) is 5.94 Å². The van der Waals surface area contributed by atoms with Crippen molar-refractivity contribution in [2.24, 2.45) is 0 Å². The molecule has 70 valence electrons. The molecular formula is C10H12O2S. The molecule has 0 aliphatic carbocycles. The van der Waals surface area contributed by atoms with Crippen molar-refractivity contribution >= 4 is 18.0 Å². The van der Waals surface area contributed by atoms with Gasteiger partial charge < -0.3 is 9.53 Å². The fraction of sp³-hybridized carbons (Fsp3) is 0.300. The summed E-state index contributed by atoms with van der Waals surface area (Å²) in [6, 6.07) is 9.49. The zero-order chi connectivity index (χ0) is 9.52. The highest BCUT2D eigenvalue weighted by atomic mass is 32.2. The van der Waals surface area contributed by atoms with Crippen molar-refractivity contribution in [2.75, 3.05) is 12.2 Å². The first-order valence-electron chi connectivity index (χ1n) is 3.99. The first kappa shape index (κ1) is 10.3. The predicted octanol–water partition coefficient (Wildman–Crippen LogP) is 2.26. The Bertz CT molecular complexity index is 248. The van der Waals surface area contributed by atoms with Gasteiger partial charge in [0, 0.05) is 0 Å². The van der Waals surface area contributed by atoms with Crippen LogP contribution in [0.2, 0.25) is 0 Å². The Kier molecular flexibility index (Phi) is 4.57. The number of benzene rings is 1. The van der Waals surface area contributed by atoms with Gasteiger partial charge in [0.2, 0.25) is 0 Å².